The van der Waals surface area contributed by atoms with Crippen molar-refractivity contribution in [3.8, 4) is 5.75 Å². The van der Waals surface area contributed by atoms with Gasteiger partial charge in [0, 0.05) is 32.7 Å². The molecule has 1 N–H and O–H groups in total. The zero-order valence-electron chi connectivity index (χ0n) is 18.7. The van der Waals surface area contributed by atoms with Gasteiger partial charge in [0.05, 0.1) is 30.0 Å². The molecule has 1 atom stereocenters. The van der Waals surface area contributed by atoms with Crippen LogP contribution in [0.5, 0.6) is 5.75 Å². The molecule has 7 nitrogen and oxygen atoms in total. The summed E-state index contributed by atoms with van der Waals surface area (Å²) in [5.74, 6) is 1.08. The molecular formula is C24H28FN3O4S. The zero-order chi connectivity index (χ0) is 23.4. The second-order valence-corrected chi connectivity index (χ2v) is 9.76. The monoisotopic (exact) mass is 473 g/mol. The average Bonchev–Trinajstić information content (AvgIpc) is 3.34. The summed E-state index contributed by atoms with van der Waals surface area (Å²) < 4.78 is 53.7. The number of benzene rings is 2. The number of rotatable bonds is 8. The standard InChI is InChI=1S/C24H28FN3O4S/c1-18-16-19(9-10-23(18)31-2)33(29,30)26-17-22(24-8-5-15-32-24)28-13-11-27(12-14-28)21-7-4-3-6-20(21)25/h3-10,15-16,22,26H,11-14,17H2,1-2H3/t22-/m1/s1. The van der Waals surface area contributed by atoms with Crippen LogP contribution >= 0.6 is 0 Å². The molecule has 33 heavy (non-hydrogen) atoms. The lowest BCUT2D eigenvalue weighted by atomic mass is 10.1. The smallest absolute Gasteiger partial charge is 0.240 e. The van der Waals surface area contributed by atoms with E-state index in [0.29, 0.717) is 43.4 Å². The van der Waals surface area contributed by atoms with E-state index in [-0.39, 0.29) is 23.3 Å². The van der Waals surface area contributed by atoms with Gasteiger partial charge in [-0.2, -0.15) is 0 Å². The molecule has 0 aliphatic carbocycles. The van der Waals surface area contributed by atoms with Gasteiger partial charge in [0.15, 0.2) is 0 Å². The number of para-hydroxylation sites is 1. The number of hydrogen-bond donors (Lipinski definition) is 1. The minimum Gasteiger partial charge on any atom is -0.496 e. The molecule has 9 heteroatoms. The van der Waals surface area contributed by atoms with E-state index in [4.69, 9.17) is 9.15 Å². The van der Waals surface area contributed by atoms with Crippen LogP contribution in [0.25, 0.3) is 0 Å². The van der Waals surface area contributed by atoms with Crippen molar-refractivity contribution in [1.82, 2.24) is 9.62 Å². The summed E-state index contributed by atoms with van der Waals surface area (Å²) in [7, 11) is -2.18. The molecule has 0 saturated carbocycles. The lowest BCUT2D eigenvalue weighted by molar-refractivity contribution is 0.166. The Bertz CT molecular complexity index is 1180. The van der Waals surface area contributed by atoms with Crippen LogP contribution in [0.3, 0.4) is 0 Å². The quantitative estimate of drug-likeness (QED) is 0.539. The largest absolute Gasteiger partial charge is 0.496 e. The number of methoxy groups -OCH3 is 1. The van der Waals surface area contributed by atoms with Crippen molar-refractivity contribution in [3.05, 3.63) is 78.0 Å². The highest BCUT2D eigenvalue weighted by Crippen LogP contribution is 2.27. The number of anilines is 1. The highest BCUT2D eigenvalue weighted by atomic mass is 32.2. The number of ether oxygens (including phenoxy) is 1. The second kappa shape index (κ2) is 9.94. The second-order valence-electron chi connectivity index (χ2n) is 7.99. The first-order valence-corrected chi connectivity index (χ1v) is 12.3. The maximum atomic E-state index is 14.2. The van der Waals surface area contributed by atoms with E-state index in [0.717, 1.165) is 5.56 Å². The molecule has 1 saturated heterocycles. The van der Waals surface area contributed by atoms with Gasteiger partial charge in [-0.05, 0) is 55.0 Å². The Hall–Kier alpha value is -2.88. The highest BCUT2D eigenvalue weighted by Gasteiger charge is 2.29. The van der Waals surface area contributed by atoms with Gasteiger partial charge < -0.3 is 14.1 Å². The Labute approximate surface area is 193 Å². The Morgan fingerprint density at radius 2 is 1.85 bits per heavy atom. The van der Waals surface area contributed by atoms with E-state index in [9.17, 15) is 12.8 Å². The van der Waals surface area contributed by atoms with Gasteiger partial charge >= 0.3 is 0 Å². The number of nitrogens with zero attached hydrogens (tertiary/aromatic N) is 2. The minimum absolute atomic E-state index is 0.153. The molecule has 1 fully saturated rings. The van der Waals surface area contributed by atoms with Gasteiger partial charge in [0.1, 0.15) is 17.3 Å². The van der Waals surface area contributed by atoms with Crippen LogP contribution in [0.2, 0.25) is 0 Å². The maximum Gasteiger partial charge on any atom is 0.240 e. The van der Waals surface area contributed by atoms with Gasteiger partial charge in [-0.15, -0.1) is 0 Å². The fourth-order valence-corrected chi connectivity index (χ4v) is 5.29. The van der Waals surface area contributed by atoms with E-state index in [1.54, 1.807) is 50.6 Å². The Kier molecular flexibility index (Phi) is 7.02. The lowest BCUT2D eigenvalue weighted by Gasteiger charge is -2.39. The van der Waals surface area contributed by atoms with E-state index >= 15 is 0 Å². The summed E-state index contributed by atoms with van der Waals surface area (Å²) in [6.45, 7) is 4.50. The molecule has 0 unspecified atom stereocenters. The van der Waals surface area contributed by atoms with E-state index in [2.05, 4.69) is 9.62 Å². The predicted molar refractivity (Wildman–Crippen MR) is 125 cm³/mol. The van der Waals surface area contributed by atoms with Crippen LogP contribution < -0.4 is 14.4 Å². The normalized spacial score (nSPS) is 16.0. The fourth-order valence-electron chi connectivity index (χ4n) is 4.16. The van der Waals surface area contributed by atoms with Crippen LogP contribution in [-0.4, -0.2) is 53.2 Å². The van der Waals surface area contributed by atoms with Crippen LogP contribution in [0.15, 0.2) is 70.2 Å². The van der Waals surface area contributed by atoms with Gasteiger partial charge in [0.25, 0.3) is 0 Å². The number of piperazine rings is 1. The highest BCUT2D eigenvalue weighted by molar-refractivity contribution is 7.89. The van der Waals surface area contributed by atoms with Gasteiger partial charge in [-0.3, -0.25) is 4.90 Å². The third-order valence-corrected chi connectivity index (χ3v) is 7.38. The molecule has 4 rings (SSSR count). The van der Waals surface area contributed by atoms with Crippen molar-refractivity contribution in [2.24, 2.45) is 0 Å². The van der Waals surface area contributed by atoms with E-state index < -0.39 is 10.0 Å². The molecule has 0 amide bonds. The number of aryl methyl sites for hydroxylation is 1. The van der Waals surface area contributed by atoms with Crippen molar-refractivity contribution in [1.29, 1.82) is 0 Å². The lowest BCUT2D eigenvalue weighted by Crippen LogP contribution is -2.50. The molecule has 1 aromatic heterocycles. The van der Waals surface area contributed by atoms with Crippen molar-refractivity contribution >= 4 is 15.7 Å². The van der Waals surface area contributed by atoms with E-state index in [1.807, 2.05) is 17.0 Å². The number of halogens is 1. The van der Waals surface area contributed by atoms with Crippen LogP contribution in [0.1, 0.15) is 17.4 Å². The molecule has 0 spiro atoms. The van der Waals surface area contributed by atoms with Gasteiger partial charge in [-0.1, -0.05) is 12.1 Å². The summed E-state index contributed by atoms with van der Waals surface area (Å²) in [5, 5.41) is 0. The van der Waals surface area contributed by atoms with Crippen molar-refractivity contribution < 1.29 is 22.0 Å². The summed E-state index contributed by atoms with van der Waals surface area (Å²) in [6, 6.07) is 14.9. The third-order valence-electron chi connectivity index (χ3n) is 5.96. The van der Waals surface area contributed by atoms with Gasteiger partial charge in [-0.25, -0.2) is 17.5 Å². The minimum atomic E-state index is -3.73. The number of furan rings is 1. The number of hydrogen-bond acceptors (Lipinski definition) is 6. The Balaban J connectivity index is 1.47. The molecule has 2 heterocycles. The predicted octanol–water partition coefficient (Wildman–Crippen LogP) is 3.58. The first kappa shape index (κ1) is 23.3. The number of sulfonamides is 1. The first-order valence-electron chi connectivity index (χ1n) is 10.8. The topological polar surface area (TPSA) is 75.0 Å². The molecule has 176 valence electrons. The van der Waals surface area contributed by atoms with E-state index in [1.165, 1.54) is 12.1 Å². The van der Waals surface area contributed by atoms with Crippen molar-refractivity contribution in [2.45, 2.75) is 17.9 Å². The van der Waals surface area contributed by atoms with Crippen LogP contribution in [-0.2, 0) is 10.0 Å². The van der Waals surface area contributed by atoms with Crippen LogP contribution in [0, 0.1) is 12.7 Å². The number of nitrogens with one attached hydrogen (secondary N) is 1. The molecule has 0 bridgehead atoms. The summed E-state index contributed by atoms with van der Waals surface area (Å²) in [6.07, 6.45) is 1.58. The molecule has 1 aliphatic rings. The van der Waals surface area contributed by atoms with Gasteiger partial charge in [0.2, 0.25) is 10.0 Å². The molecule has 2 aromatic carbocycles. The zero-order valence-corrected chi connectivity index (χ0v) is 19.5. The van der Waals surface area contributed by atoms with Crippen molar-refractivity contribution in [2.75, 3.05) is 44.7 Å². The molecule has 3 aromatic rings. The maximum absolute atomic E-state index is 14.2. The fraction of sp³-hybridized carbons (Fsp3) is 0.333. The third kappa shape index (κ3) is 5.21. The summed E-state index contributed by atoms with van der Waals surface area (Å²) >= 11 is 0. The average molecular weight is 474 g/mol. The molecule has 1 aliphatic heterocycles. The summed E-state index contributed by atoms with van der Waals surface area (Å²) in [5.41, 5.74) is 1.33. The Morgan fingerprint density at radius 3 is 2.48 bits per heavy atom. The van der Waals surface area contributed by atoms with Crippen LogP contribution in [0.4, 0.5) is 10.1 Å². The molecular weight excluding hydrogens is 445 g/mol. The summed E-state index contributed by atoms with van der Waals surface area (Å²) in [4.78, 5) is 4.36. The van der Waals surface area contributed by atoms with Crippen molar-refractivity contribution in [3.63, 3.8) is 0 Å². The Morgan fingerprint density at radius 1 is 1.09 bits per heavy atom. The SMILES string of the molecule is COc1ccc(S(=O)(=O)NC[C@H](c2ccco2)N2CCN(c3ccccc3F)CC2)cc1C. The molecule has 0 radical (unpaired) electrons. The first-order chi connectivity index (χ1) is 15.9.